The van der Waals surface area contributed by atoms with Crippen LogP contribution in [0.3, 0.4) is 0 Å². The number of nitrogens with one attached hydrogen (secondary N) is 1. The highest BCUT2D eigenvalue weighted by Gasteiger charge is 2.60. The zero-order valence-electron chi connectivity index (χ0n) is 12.2. The van der Waals surface area contributed by atoms with E-state index >= 15 is 0 Å². The van der Waals surface area contributed by atoms with Crippen LogP contribution in [-0.2, 0) is 14.4 Å². The van der Waals surface area contributed by atoms with Gasteiger partial charge in [-0.05, 0) is 38.0 Å². The Hall–Kier alpha value is -2.18. The van der Waals surface area contributed by atoms with Crippen LogP contribution < -0.4 is 5.32 Å². The standard InChI is InChI=1S/C15H17N3O4/c1-7-4-10(17-22-7)16-11(19)6-18-14(20)12-8-2-3-9(5-8)13(12)15(18)21/h4,8-9,12-13H,2-3,5-6H2,1H3,(H,16,17,19)/t8-,9-,12+,13+/m0/s1. The highest BCUT2D eigenvalue weighted by atomic mass is 16.5. The maximum absolute atomic E-state index is 12.5. The predicted octanol–water partition coefficient (Wildman–Crippen LogP) is 0.953. The number of rotatable bonds is 3. The van der Waals surface area contributed by atoms with Crippen LogP contribution in [0.1, 0.15) is 25.0 Å². The molecule has 3 aliphatic rings. The predicted molar refractivity (Wildman–Crippen MR) is 74.4 cm³/mol. The minimum Gasteiger partial charge on any atom is -0.360 e. The van der Waals surface area contributed by atoms with Crippen LogP contribution in [0.4, 0.5) is 5.82 Å². The molecular weight excluding hydrogens is 286 g/mol. The Kier molecular flexibility index (Phi) is 2.85. The molecule has 1 aromatic heterocycles. The number of carbonyl (C=O) groups is 3. The second kappa shape index (κ2) is 4.66. The second-order valence-electron chi connectivity index (χ2n) is 6.52. The smallest absolute Gasteiger partial charge is 0.245 e. The van der Waals surface area contributed by atoms with Crippen molar-refractivity contribution in [3.63, 3.8) is 0 Å². The number of anilines is 1. The molecular formula is C15H17N3O4. The summed E-state index contributed by atoms with van der Waals surface area (Å²) in [4.78, 5) is 38.1. The molecule has 2 heterocycles. The lowest BCUT2D eigenvalue weighted by atomic mass is 9.81. The Labute approximate surface area is 127 Å². The first-order valence-corrected chi connectivity index (χ1v) is 7.63. The molecule has 2 saturated carbocycles. The Bertz CT molecular complexity index is 639. The highest BCUT2D eigenvalue weighted by molar-refractivity contribution is 6.09. The molecule has 4 rings (SSSR count). The molecule has 1 saturated heterocycles. The molecule has 0 spiro atoms. The van der Waals surface area contributed by atoms with Crippen molar-refractivity contribution in [3.8, 4) is 0 Å². The monoisotopic (exact) mass is 303 g/mol. The fourth-order valence-electron chi connectivity index (χ4n) is 4.38. The van der Waals surface area contributed by atoms with E-state index in [4.69, 9.17) is 4.52 Å². The molecule has 3 fully saturated rings. The summed E-state index contributed by atoms with van der Waals surface area (Å²) in [6.45, 7) is 1.48. The van der Waals surface area contributed by atoms with Crippen LogP contribution >= 0.6 is 0 Å². The maximum Gasteiger partial charge on any atom is 0.245 e. The summed E-state index contributed by atoms with van der Waals surface area (Å²) in [5.41, 5.74) is 0. The number of aromatic nitrogens is 1. The molecule has 0 radical (unpaired) electrons. The number of fused-ring (bicyclic) bond motifs is 5. The summed E-state index contributed by atoms with van der Waals surface area (Å²) >= 11 is 0. The lowest BCUT2D eigenvalue weighted by Crippen LogP contribution is -2.39. The number of hydrogen-bond donors (Lipinski definition) is 1. The zero-order valence-corrected chi connectivity index (χ0v) is 12.2. The minimum atomic E-state index is -0.428. The van der Waals surface area contributed by atoms with Gasteiger partial charge in [0.2, 0.25) is 17.7 Å². The Balaban J connectivity index is 1.46. The van der Waals surface area contributed by atoms with E-state index in [0.29, 0.717) is 23.4 Å². The van der Waals surface area contributed by atoms with Crippen LogP contribution in [0.15, 0.2) is 10.6 Å². The molecule has 116 valence electrons. The summed E-state index contributed by atoms with van der Waals surface area (Å²) in [5.74, 6) is 0.387. The number of aryl methyl sites for hydroxylation is 1. The molecule has 2 aliphatic carbocycles. The number of nitrogens with zero attached hydrogens (tertiary/aromatic N) is 2. The SMILES string of the molecule is Cc1cc(NC(=O)CN2C(=O)[C@@H]3[C@H]4CC[C@@H](C4)[C@H]3C2=O)no1. The fraction of sp³-hybridized carbons (Fsp3) is 0.600. The van der Waals surface area contributed by atoms with Crippen molar-refractivity contribution >= 4 is 23.5 Å². The van der Waals surface area contributed by atoms with Gasteiger partial charge < -0.3 is 9.84 Å². The average Bonchev–Trinajstić information content (AvgIpc) is 3.21. The first-order valence-electron chi connectivity index (χ1n) is 7.63. The Morgan fingerprint density at radius 3 is 2.50 bits per heavy atom. The van der Waals surface area contributed by atoms with E-state index in [-0.39, 0.29) is 30.2 Å². The van der Waals surface area contributed by atoms with Crippen LogP contribution in [-0.4, -0.2) is 34.3 Å². The summed E-state index contributed by atoms with van der Waals surface area (Å²) in [6, 6.07) is 1.58. The van der Waals surface area contributed by atoms with E-state index < -0.39 is 5.91 Å². The third kappa shape index (κ3) is 1.88. The van der Waals surface area contributed by atoms with Gasteiger partial charge in [-0.2, -0.15) is 0 Å². The molecule has 7 nitrogen and oxygen atoms in total. The van der Waals surface area contributed by atoms with E-state index in [9.17, 15) is 14.4 Å². The summed E-state index contributed by atoms with van der Waals surface area (Å²) in [7, 11) is 0. The van der Waals surface area contributed by atoms with Gasteiger partial charge >= 0.3 is 0 Å². The van der Waals surface area contributed by atoms with Crippen LogP contribution in [0.25, 0.3) is 0 Å². The van der Waals surface area contributed by atoms with Crippen molar-refractivity contribution in [2.24, 2.45) is 23.7 Å². The number of hydrogen-bond acceptors (Lipinski definition) is 5. The van der Waals surface area contributed by atoms with Gasteiger partial charge in [-0.15, -0.1) is 0 Å². The molecule has 3 amide bonds. The van der Waals surface area contributed by atoms with E-state index in [1.807, 2.05) is 0 Å². The Morgan fingerprint density at radius 1 is 1.32 bits per heavy atom. The molecule has 22 heavy (non-hydrogen) atoms. The molecule has 2 bridgehead atoms. The number of imide groups is 1. The van der Waals surface area contributed by atoms with Gasteiger partial charge in [0, 0.05) is 6.07 Å². The first-order chi connectivity index (χ1) is 10.5. The van der Waals surface area contributed by atoms with Gasteiger partial charge in [-0.1, -0.05) is 5.16 Å². The topological polar surface area (TPSA) is 92.5 Å². The molecule has 1 aromatic rings. The molecule has 1 N–H and O–H groups in total. The van der Waals surface area contributed by atoms with Crippen molar-refractivity contribution in [1.82, 2.24) is 10.1 Å². The summed E-state index contributed by atoms with van der Waals surface area (Å²) < 4.78 is 4.86. The minimum absolute atomic E-state index is 0.173. The van der Waals surface area contributed by atoms with Crippen molar-refractivity contribution in [2.45, 2.75) is 26.2 Å². The molecule has 4 atom stereocenters. The van der Waals surface area contributed by atoms with Crippen molar-refractivity contribution in [3.05, 3.63) is 11.8 Å². The summed E-state index contributed by atoms with van der Waals surface area (Å²) in [5, 5.41) is 6.21. The lowest BCUT2D eigenvalue weighted by molar-refractivity contribution is -0.143. The largest absolute Gasteiger partial charge is 0.360 e. The fourth-order valence-corrected chi connectivity index (χ4v) is 4.38. The van der Waals surface area contributed by atoms with Crippen molar-refractivity contribution < 1.29 is 18.9 Å². The molecule has 7 heteroatoms. The van der Waals surface area contributed by atoms with Gasteiger partial charge in [0.1, 0.15) is 12.3 Å². The molecule has 1 aliphatic heterocycles. The third-order valence-corrected chi connectivity index (χ3v) is 5.22. The van der Waals surface area contributed by atoms with E-state index in [2.05, 4.69) is 10.5 Å². The van der Waals surface area contributed by atoms with Crippen LogP contribution in [0, 0.1) is 30.6 Å². The highest BCUT2D eigenvalue weighted by Crippen LogP contribution is 2.55. The van der Waals surface area contributed by atoms with Crippen LogP contribution in [0.2, 0.25) is 0 Å². The second-order valence-corrected chi connectivity index (χ2v) is 6.52. The number of likely N-dealkylation sites (tertiary alicyclic amines) is 1. The quantitative estimate of drug-likeness (QED) is 0.839. The van der Waals surface area contributed by atoms with E-state index in [1.54, 1.807) is 13.0 Å². The van der Waals surface area contributed by atoms with E-state index in [0.717, 1.165) is 24.2 Å². The zero-order chi connectivity index (χ0) is 15.4. The summed E-state index contributed by atoms with van der Waals surface area (Å²) in [6.07, 6.45) is 3.05. The third-order valence-electron chi connectivity index (χ3n) is 5.22. The van der Waals surface area contributed by atoms with Gasteiger partial charge in [0.25, 0.3) is 0 Å². The van der Waals surface area contributed by atoms with Crippen molar-refractivity contribution in [1.29, 1.82) is 0 Å². The number of amides is 3. The van der Waals surface area contributed by atoms with Gasteiger partial charge in [0.15, 0.2) is 5.82 Å². The normalized spacial score (nSPS) is 32.7. The lowest BCUT2D eigenvalue weighted by Gasteiger charge is -2.19. The van der Waals surface area contributed by atoms with E-state index in [1.165, 1.54) is 0 Å². The van der Waals surface area contributed by atoms with Gasteiger partial charge in [-0.25, -0.2) is 0 Å². The molecule has 0 unspecified atom stereocenters. The van der Waals surface area contributed by atoms with Gasteiger partial charge in [-0.3, -0.25) is 19.3 Å². The Morgan fingerprint density at radius 2 is 1.95 bits per heavy atom. The average molecular weight is 303 g/mol. The first kappa shape index (κ1) is 13.5. The van der Waals surface area contributed by atoms with Crippen LogP contribution in [0.5, 0.6) is 0 Å². The van der Waals surface area contributed by atoms with Crippen molar-refractivity contribution in [2.75, 3.05) is 11.9 Å². The number of carbonyl (C=O) groups excluding carboxylic acids is 3. The molecule has 0 aromatic carbocycles. The van der Waals surface area contributed by atoms with Gasteiger partial charge in [0.05, 0.1) is 11.8 Å². The maximum atomic E-state index is 12.5.